The van der Waals surface area contributed by atoms with Crippen molar-refractivity contribution in [2.24, 2.45) is 0 Å². The predicted molar refractivity (Wildman–Crippen MR) is 116 cm³/mol. The van der Waals surface area contributed by atoms with Gasteiger partial charge in [0.2, 0.25) is 0 Å². The maximum absolute atomic E-state index is 4.88. The Morgan fingerprint density at radius 3 is 2.69 bits per heavy atom. The van der Waals surface area contributed by atoms with Crippen molar-refractivity contribution in [2.45, 2.75) is 44.1 Å². The molecule has 1 saturated carbocycles. The Hall–Kier alpha value is -2.64. The molecule has 2 aromatic heterocycles. The van der Waals surface area contributed by atoms with Gasteiger partial charge in [0, 0.05) is 24.2 Å². The second-order valence-corrected chi connectivity index (χ2v) is 8.09. The van der Waals surface area contributed by atoms with E-state index in [2.05, 4.69) is 63.0 Å². The molecule has 1 aromatic carbocycles. The van der Waals surface area contributed by atoms with Crippen molar-refractivity contribution >= 4 is 17.3 Å². The molecule has 152 valence electrons. The van der Waals surface area contributed by atoms with Crippen LogP contribution in [0.3, 0.4) is 0 Å². The summed E-state index contributed by atoms with van der Waals surface area (Å²) in [5.41, 5.74) is 10.4. The van der Waals surface area contributed by atoms with E-state index in [4.69, 9.17) is 4.98 Å². The number of aromatic nitrogens is 3. The molecular weight excluding hydrogens is 362 g/mol. The van der Waals surface area contributed by atoms with Crippen molar-refractivity contribution in [1.82, 2.24) is 25.3 Å². The molecule has 0 radical (unpaired) electrons. The molecule has 7 heteroatoms. The van der Waals surface area contributed by atoms with Crippen LogP contribution in [-0.2, 0) is 6.42 Å². The van der Waals surface area contributed by atoms with Crippen LogP contribution in [0.1, 0.15) is 42.7 Å². The van der Waals surface area contributed by atoms with Gasteiger partial charge >= 0.3 is 0 Å². The van der Waals surface area contributed by atoms with Crippen LogP contribution in [0.5, 0.6) is 0 Å². The van der Waals surface area contributed by atoms with Crippen LogP contribution in [0.25, 0.3) is 5.65 Å². The molecule has 1 aliphatic carbocycles. The van der Waals surface area contributed by atoms with E-state index in [1.165, 1.54) is 24.0 Å². The fourth-order valence-electron chi connectivity index (χ4n) is 3.97. The molecule has 0 bridgehead atoms. The number of hydrogen-bond donors (Lipinski definition) is 4. The van der Waals surface area contributed by atoms with E-state index < -0.39 is 0 Å². The summed E-state index contributed by atoms with van der Waals surface area (Å²) >= 11 is 0. The zero-order valence-corrected chi connectivity index (χ0v) is 16.7. The van der Waals surface area contributed by atoms with Crippen molar-refractivity contribution < 1.29 is 0 Å². The van der Waals surface area contributed by atoms with Crippen LogP contribution in [0.4, 0.5) is 11.6 Å². The summed E-state index contributed by atoms with van der Waals surface area (Å²) in [5.74, 6) is 2.44. The Labute approximate surface area is 171 Å². The van der Waals surface area contributed by atoms with Crippen molar-refractivity contribution in [3.63, 3.8) is 0 Å². The van der Waals surface area contributed by atoms with Gasteiger partial charge in [-0.25, -0.2) is 10.4 Å². The quantitative estimate of drug-likeness (QED) is 0.442. The second-order valence-electron chi connectivity index (χ2n) is 8.09. The molecular formula is C22H29N7. The summed E-state index contributed by atoms with van der Waals surface area (Å²) in [6.45, 7) is 2.97. The van der Waals surface area contributed by atoms with Gasteiger partial charge in [0.15, 0.2) is 5.65 Å². The number of hydrogen-bond acceptors (Lipinski definition) is 6. The highest BCUT2D eigenvalue weighted by molar-refractivity contribution is 5.61. The van der Waals surface area contributed by atoms with Gasteiger partial charge in [0.1, 0.15) is 11.6 Å². The lowest BCUT2D eigenvalue weighted by Gasteiger charge is -2.24. The molecule has 3 heterocycles. The Kier molecular flexibility index (Phi) is 5.32. The molecule has 7 nitrogen and oxygen atoms in total. The molecule has 1 saturated heterocycles. The maximum atomic E-state index is 4.88. The highest BCUT2D eigenvalue weighted by Crippen LogP contribution is 2.42. The summed E-state index contributed by atoms with van der Waals surface area (Å²) in [6.07, 6.45) is 7.69. The summed E-state index contributed by atoms with van der Waals surface area (Å²) in [7, 11) is 0. The van der Waals surface area contributed by atoms with E-state index in [9.17, 15) is 0 Å². The summed E-state index contributed by atoms with van der Waals surface area (Å²) in [4.78, 5) is 4.88. The van der Waals surface area contributed by atoms with E-state index in [0.29, 0.717) is 12.0 Å². The van der Waals surface area contributed by atoms with Crippen LogP contribution in [-0.4, -0.2) is 40.3 Å². The van der Waals surface area contributed by atoms with Crippen LogP contribution in [0, 0.1) is 0 Å². The Morgan fingerprint density at radius 1 is 1.07 bits per heavy atom. The average Bonchev–Trinajstić information content (AvgIpc) is 3.52. The zero-order valence-electron chi connectivity index (χ0n) is 16.7. The number of piperidine rings is 1. The third kappa shape index (κ3) is 4.36. The van der Waals surface area contributed by atoms with Gasteiger partial charge in [-0.3, -0.25) is 0 Å². The molecule has 3 aromatic rings. The van der Waals surface area contributed by atoms with E-state index in [0.717, 1.165) is 56.2 Å². The zero-order chi connectivity index (χ0) is 19.5. The smallest absolute Gasteiger partial charge is 0.163 e. The fraction of sp³-hybridized carbons (Fsp3) is 0.455. The maximum Gasteiger partial charge on any atom is 0.163 e. The largest absolute Gasteiger partial charge is 0.370 e. The van der Waals surface area contributed by atoms with E-state index >= 15 is 0 Å². The first-order chi connectivity index (χ1) is 14.4. The standard InChI is InChI=1S/C22H29N7/c1-2-4-16(5-3-1)8-13-24-21-14-20(28-27-18-9-11-23-12-10-18)26-22-19(17-6-7-17)15-25-29(21)22/h1-5,14-15,17-18,23-24,27H,6-13H2,(H,26,28). The van der Waals surface area contributed by atoms with E-state index in [1.54, 1.807) is 0 Å². The molecule has 0 unspecified atom stereocenters. The molecule has 2 aliphatic rings. The molecule has 5 rings (SSSR count). The monoisotopic (exact) mass is 391 g/mol. The third-order valence-electron chi connectivity index (χ3n) is 5.82. The number of nitrogens with zero attached hydrogens (tertiary/aromatic N) is 3. The van der Waals surface area contributed by atoms with Gasteiger partial charge < -0.3 is 16.1 Å². The molecule has 0 amide bonds. The lowest BCUT2D eigenvalue weighted by molar-refractivity contribution is 0.407. The van der Waals surface area contributed by atoms with E-state index in [1.807, 2.05) is 10.7 Å². The Balaban J connectivity index is 1.34. The van der Waals surface area contributed by atoms with Crippen LogP contribution >= 0.6 is 0 Å². The number of hydrazine groups is 1. The third-order valence-corrected chi connectivity index (χ3v) is 5.82. The first-order valence-electron chi connectivity index (χ1n) is 10.8. The van der Waals surface area contributed by atoms with Gasteiger partial charge in [0.25, 0.3) is 0 Å². The normalized spacial score (nSPS) is 17.5. The topological polar surface area (TPSA) is 78.3 Å². The number of benzene rings is 1. The summed E-state index contributed by atoms with van der Waals surface area (Å²) < 4.78 is 1.95. The second kappa shape index (κ2) is 8.39. The van der Waals surface area contributed by atoms with E-state index in [-0.39, 0.29) is 0 Å². The number of fused-ring (bicyclic) bond motifs is 1. The van der Waals surface area contributed by atoms with Gasteiger partial charge in [0.05, 0.1) is 6.20 Å². The Bertz CT molecular complexity index is 942. The Morgan fingerprint density at radius 2 is 1.90 bits per heavy atom. The minimum atomic E-state index is 0.469. The molecule has 4 N–H and O–H groups in total. The fourth-order valence-corrected chi connectivity index (χ4v) is 3.97. The number of anilines is 2. The van der Waals surface area contributed by atoms with Crippen molar-refractivity contribution in [3.8, 4) is 0 Å². The molecule has 29 heavy (non-hydrogen) atoms. The molecule has 1 aliphatic heterocycles. The number of rotatable bonds is 8. The van der Waals surface area contributed by atoms with Crippen LogP contribution < -0.4 is 21.5 Å². The highest BCUT2D eigenvalue weighted by atomic mass is 15.4. The molecule has 2 fully saturated rings. The van der Waals surface area contributed by atoms with Crippen LogP contribution in [0.15, 0.2) is 42.6 Å². The number of nitrogens with one attached hydrogen (secondary N) is 4. The lowest BCUT2D eigenvalue weighted by Crippen LogP contribution is -2.42. The van der Waals surface area contributed by atoms with Crippen molar-refractivity contribution in [2.75, 3.05) is 30.4 Å². The van der Waals surface area contributed by atoms with Gasteiger partial charge in [-0.05, 0) is 56.7 Å². The lowest BCUT2D eigenvalue weighted by atomic mass is 10.1. The SMILES string of the molecule is c1ccc(CCNc2cc(NNC3CCNCC3)nc3c(C4CC4)cnn23)cc1. The first kappa shape index (κ1) is 18.4. The summed E-state index contributed by atoms with van der Waals surface area (Å²) in [6, 6.07) is 13.1. The predicted octanol–water partition coefficient (Wildman–Crippen LogP) is 2.93. The minimum Gasteiger partial charge on any atom is -0.370 e. The van der Waals surface area contributed by atoms with Gasteiger partial charge in [-0.15, -0.1) is 0 Å². The molecule has 0 atom stereocenters. The van der Waals surface area contributed by atoms with Crippen LogP contribution in [0.2, 0.25) is 0 Å². The highest BCUT2D eigenvalue weighted by Gasteiger charge is 2.28. The van der Waals surface area contributed by atoms with Crippen molar-refractivity contribution in [1.29, 1.82) is 0 Å². The average molecular weight is 392 g/mol. The van der Waals surface area contributed by atoms with Gasteiger partial charge in [-0.1, -0.05) is 30.3 Å². The minimum absolute atomic E-state index is 0.469. The van der Waals surface area contributed by atoms with Gasteiger partial charge in [-0.2, -0.15) is 9.61 Å². The van der Waals surface area contributed by atoms with Crippen molar-refractivity contribution in [3.05, 3.63) is 53.7 Å². The molecule has 0 spiro atoms. The first-order valence-corrected chi connectivity index (χ1v) is 10.8. The summed E-state index contributed by atoms with van der Waals surface area (Å²) in [5, 5.41) is 11.6.